The molecule has 0 heterocycles. The molecule has 6 heteroatoms. The van der Waals surface area contributed by atoms with Crippen LogP contribution in [0.1, 0.15) is 36.7 Å². The summed E-state index contributed by atoms with van der Waals surface area (Å²) in [5.41, 5.74) is 2.32. The van der Waals surface area contributed by atoms with Crippen molar-refractivity contribution >= 4 is 21.6 Å². The van der Waals surface area contributed by atoms with Gasteiger partial charge in [-0.15, -0.1) is 0 Å². The minimum absolute atomic E-state index is 0.194. The molecular formula is C19H24N2O3S. The van der Waals surface area contributed by atoms with Crippen molar-refractivity contribution in [3.63, 3.8) is 0 Å². The summed E-state index contributed by atoms with van der Waals surface area (Å²) in [6.07, 6.45) is 0.941. The molecule has 0 atom stereocenters. The zero-order valence-corrected chi connectivity index (χ0v) is 15.6. The van der Waals surface area contributed by atoms with Gasteiger partial charge >= 0.3 is 0 Å². The van der Waals surface area contributed by atoms with E-state index in [9.17, 15) is 13.2 Å². The van der Waals surface area contributed by atoms with E-state index in [1.807, 2.05) is 24.3 Å². The van der Waals surface area contributed by atoms with Gasteiger partial charge in [0, 0.05) is 24.3 Å². The molecule has 1 amide bonds. The van der Waals surface area contributed by atoms with Crippen molar-refractivity contribution in [3.05, 3.63) is 59.7 Å². The molecule has 5 nitrogen and oxygen atoms in total. The van der Waals surface area contributed by atoms with Gasteiger partial charge in [0.25, 0.3) is 5.91 Å². The third-order valence-corrected chi connectivity index (χ3v) is 6.14. The van der Waals surface area contributed by atoms with Crippen LogP contribution < -0.4 is 5.32 Å². The van der Waals surface area contributed by atoms with Gasteiger partial charge in [-0.2, -0.15) is 4.31 Å². The fourth-order valence-electron chi connectivity index (χ4n) is 2.52. The predicted molar refractivity (Wildman–Crippen MR) is 100 cm³/mol. The van der Waals surface area contributed by atoms with E-state index < -0.39 is 10.0 Å². The van der Waals surface area contributed by atoms with E-state index in [2.05, 4.69) is 12.2 Å². The van der Waals surface area contributed by atoms with Gasteiger partial charge in [0.05, 0.1) is 4.90 Å². The number of anilines is 1. The molecule has 0 bridgehead atoms. The van der Waals surface area contributed by atoms with Crippen LogP contribution in [-0.2, 0) is 16.4 Å². The smallest absolute Gasteiger partial charge is 0.255 e. The molecule has 0 aliphatic carbocycles. The highest BCUT2D eigenvalue weighted by molar-refractivity contribution is 7.89. The highest BCUT2D eigenvalue weighted by Crippen LogP contribution is 2.17. The molecule has 2 rings (SSSR count). The van der Waals surface area contributed by atoms with E-state index in [-0.39, 0.29) is 10.8 Å². The SMILES string of the molecule is CCc1ccc(NC(=O)c2ccc(S(=O)(=O)N(CC)CC)cc2)cc1. The Kier molecular flexibility index (Phi) is 6.33. The first-order chi connectivity index (χ1) is 11.9. The average molecular weight is 360 g/mol. The maximum atomic E-state index is 12.5. The van der Waals surface area contributed by atoms with Crippen LogP contribution >= 0.6 is 0 Å². The third-order valence-electron chi connectivity index (χ3n) is 4.08. The third kappa shape index (κ3) is 4.46. The van der Waals surface area contributed by atoms with Crippen LogP contribution in [0.5, 0.6) is 0 Å². The molecule has 0 saturated heterocycles. The number of nitrogens with one attached hydrogen (secondary N) is 1. The Hall–Kier alpha value is -2.18. The lowest BCUT2D eigenvalue weighted by Gasteiger charge is -2.18. The summed E-state index contributed by atoms with van der Waals surface area (Å²) in [5, 5.41) is 2.81. The second-order valence-corrected chi connectivity index (χ2v) is 7.56. The first kappa shape index (κ1) is 19.1. The highest BCUT2D eigenvalue weighted by atomic mass is 32.2. The topological polar surface area (TPSA) is 66.5 Å². The number of hydrogen-bond acceptors (Lipinski definition) is 3. The van der Waals surface area contributed by atoms with Crippen molar-refractivity contribution in [2.75, 3.05) is 18.4 Å². The Balaban J connectivity index is 2.14. The average Bonchev–Trinajstić information content (AvgIpc) is 2.63. The number of rotatable bonds is 7. The lowest BCUT2D eigenvalue weighted by Crippen LogP contribution is -2.30. The van der Waals surface area contributed by atoms with Crippen molar-refractivity contribution in [2.45, 2.75) is 32.1 Å². The van der Waals surface area contributed by atoms with Gasteiger partial charge in [0.15, 0.2) is 0 Å². The van der Waals surface area contributed by atoms with Gasteiger partial charge in [0.1, 0.15) is 0 Å². The summed E-state index contributed by atoms with van der Waals surface area (Å²) in [7, 11) is -3.51. The molecule has 2 aromatic carbocycles. The quantitative estimate of drug-likeness (QED) is 0.821. The van der Waals surface area contributed by atoms with Crippen LogP contribution in [0.3, 0.4) is 0 Å². The van der Waals surface area contributed by atoms with E-state index in [0.29, 0.717) is 24.3 Å². The molecule has 0 fully saturated rings. The van der Waals surface area contributed by atoms with E-state index in [0.717, 1.165) is 6.42 Å². The zero-order chi connectivity index (χ0) is 18.4. The molecule has 0 radical (unpaired) electrons. The Bertz CT molecular complexity index is 809. The Morgan fingerprint density at radius 2 is 1.48 bits per heavy atom. The molecule has 0 spiro atoms. The van der Waals surface area contributed by atoms with Gasteiger partial charge in [0.2, 0.25) is 10.0 Å². The van der Waals surface area contributed by atoms with Gasteiger partial charge in [-0.05, 0) is 48.4 Å². The van der Waals surface area contributed by atoms with Gasteiger partial charge in [-0.1, -0.05) is 32.9 Å². The molecule has 1 N–H and O–H groups in total. The van der Waals surface area contributed by atoms with Crippen LogP contribution in [0.25, 0.3) is 0 Å². The van der Waals surface area contributed by atoms with Gasteiger partial charge in [-0.25, -0.2) is 8.42 Å². The number of benzene rings is 2. The van der Waals surface area contributed by atoms with Gasteiger partial charge < -0.3 is 5.32 Å². The molecule has 134 valence electrons. The summed E-state index contributed by atoms with van der Waals surface area (Å²) in [6.45, 7) is 6.49. The number of nitrogens with zero attached hydrogens (tertiary/aromatic N) is 1. The fraction of sp³-hybridized carbons (Fsp3) is 0.316. The Labute approximate surface area is 149 Å². The van der Waals surface area contributed by atoms with Crippen LogP contribution in [-0.4, -0.2) is 31.7 Å². The largest absolute Gasteiger partial charge is 0.322 e. The first-order valence-corrected chi connectivity index (χ1v) is 9.86. The fourth-order valence-corrected chi connectivity index (χ4v) is 3.98. The second-order valence-electron chi connectivity index (χ2n) is 5.62. The first-order valence-electron chi connectivity index (χ1n) is 8.42. The molecule has 0 unspecified atom stereocenters. The number of sulfonamides is 1. The number of hydrogen-bond donors (Lipinski definition) is 1. The molecule has 25 heavy (non-hydrogen) atoms. The summed E-state index contributed by atoms with van der Waals surface area (Å²) >= 11 is 0. The van der Waals surface area contributed by atoms with Crippen LogP contribution in [0.4, 0.5) is 5.69 Å². The van der Waals surface area contributed by atoms with E-state index in [1.165, 1.54) is 34.1 Å². The normalized spacial score (nSPS) is 11.5. The summed E-state index contributed by atoms with van der Waals surface area (Å²) in [6, 6.07) is 13.7. The van der Waals surface area contributed by atoms with Crippen LogP contribution in [0.15, 0.2) is 53.4 Å². The predicted octanol–water partition coefficient (Wildman–Crippen LogP) is 3.53. The minimum Gasteiger partial charge on any atom is -0.322 e. The standard InChI is InChI=1S/C19H24N2O3S/c1-4-15-7-11-17(12-8-15)20-19(22)16-9-13-18(14-10-16)25(23,24)21(5-2)6-3/h7-14H,4-6H2,1-3H3,(H,20,22). The molecular weight excluding hydrogens is 336 g/mol. The minimum atomic E-state index is -3.51. The number of aryl methyl sites for hydroxylation is 1. The second kappa shape index (κ2) is 8.27. The van der Waals surface area contributed by atoms with E-state index in [1.54, 1.807) is 13.8 Å². The van der Waals surface area contributed by atoms with Crippen LogP contribution in [0.2, 0.25) is 0 Å². The monoisotopic (exact) mass is 360 g/mol. The number of amides is 1. The molecule has 0 aliphatic heterocycles. The van der Waals surface area contributed by atoms with Crippen molar-refractivity contribution < 1.29 is 13.2 Å². The Morgan fingerprint density at radius 3 is 1.96 bits per heavy atom. The number of carbonyl (C=O) groups excluding carboxylic acids is 1. The van der Waals surface area contributed by atoms with Crippen molar-refractivity contribution in [2.24, 2.45) is 0 Å². The van der Waals surface area contributed by atoms with Crippen molar-refractivity contribution in [1.82, 2.24) is 4.31 Å². The van der Waals surface area contributed by atoms with Crippen LogP contribution in [0, 0.1) is 0 Å². The summed E-state index contributed by atoms with van der Waals surface area (Å²) in [5.74, 6) is -0.268. The number of carbonyl (C=O) groups is 1. The molecule has 0 saturated carbocycles. The maximum Gasteiger partial charge on any atom is 0.255 e. The van der Waals surface area contributed by atoms with Crippen molar-refractivity contribution in [1.29, 1.82) is 0 Å². The van der Waals surface area contributed by atoms with E-state index >= 15 is 0 Å². The zero-order valence-electron chi connectivity index (χ0n) is 14.8. The lowest BCUT2D eigenvalue weighted by molar-refractivity contribution is 0.102. The highest BCUT2D eigenvalue weighted by Gasteiger charge is 2.21. The molecule has 0 aliphatic rings. The lowest BCUT2D eigenvalue weighted by atomic mass is 10.1. The summed E-state index contributed by atoms with van der Waals surface area (Å²) < 4.78 is 26.3. The van der Waals surface area contributed by atoms with Crippen molar-refractivity contribution in [3.8, 4) is 0 Å². The maximum absolute atomic E-state index is 12.5. The molecule has 0 aromatic heterocycles. The Morgan fingerprint density at radius 1 is 0.920 bits per heavy atom. The molecule has 2 aromatic rings. The van der Waals surface area contributed by atoms with E-state index in [4.69, 9.17) is 0 Å². The summed E-state index contributed by atoms with van der Waals surface area (Å²) in [4.78, 5) is 12.5. The van der Waals surface area contributed by atoms with Gasteiger partial charge in [-0.3, -0.25) is 4.79 Å².